The molecule has 0 bridgehead atoms. The van der Waals surface area contributed by atoms with Crippen molar-refractivity contribution in [3.05, 3.63) is 35.9 Å². The van der Waals surface area contributed by atoms with E-state index in [1.807, 2.05) is 36.9 Å². The first kappa shape index (κ1) is 13.1. The highest BCUT2D eigenvalue weighted by Gasteiger charge is 2.30. The monoisotopic (exact) mass is 246 g/mol. The maximum absolute atomic E-state index is 12.0. The summed E-state index contributed by atoms with van der Waals surface area (Å²) >= 11 is 0. The molecular weight excluding hydrogens is 224 g/mol. The molecule has 18 heavy (non-hydrogen) atoms. The zero-order valence-electron chi connectivity index (χ0n) is 11.2. The molecule has 2 rings (SSSR count). The van der Waals surface area contributed by atoms with Crippen LogP contribution in [-0.2, 0) is 4.79 Å². The maximum atomic E-state index is 12.0. The highest BCUT2D eigenvalue weighted by atomic mass is 16.2. The van der Waals surface area contributed by atoms with Crippen LogP contribution in [0.15, 0.2) is 30.3 Å². The molecule has 1 aromatic carbocycles. The topological polar surface area (TPSA) is 46.3 Å². The Morgan fingerprint density at radius 3 is 2.56 bits per heavy atom. The summed E-state index contributed by atoms with van der Waals surface area (Å²) in [6, 6.07) is 10.4. The van der Waals surface area contributed by atoms with E-state index in [1.54, 1.807) is 0 Å². The van der Waals surface area contributed by atoms with Crippen molar-refractivity contribution in [1.29, 1.82) is 0 Å². The van der Waals surface area contributed by atoms with Crippen molar-refractivity contribution >= 4 is 5.91 Å². The number of nitrogens with two attached hydrogens (primary N) is 1. The second-order valence-electron chi connectivity index (χ2n) is 5.41. The number of likely N-dealkylation sites (tertiary alicyclic amines) is 1. The molecule has 0 aliphatic carbocycles. The average Bonchev–Trinajstić information content (AvgIpc) is 2.38. The van der Waals surface area contributed by atoms with E-state index in [-0.39, 0.29) is 17.9 Å². The molecule has 0 aromatic heterocycles. The Morgan fingerprint density at radius 2 is 2.00 bits per heavy atom. The lowest BCUT2D eigenvalue weighted by Gasteiger charge is -2.37. The first-order chi connectivity index (χ1) is 8.59. The van der Waals surface area contributed by atoms with E-state index in [9.17, 15) is 4.79 Å². The Balaban J connectivity index is 2.03. The molecule has 98 valence electrons. The van der Waals surface area contributed by atoms with Crippen molar-refractivity contribution < 1.29 is 4.79 Å². The van der Waals surface area contributed by atoms with Gasteiger partial charge in [-0.3, -0.25) is 4.79 Å². The number of carbonyl (C=O) groups excluding carboxylic acids is 1. The van der Waals surface area contributed by atoms with Crippen LogP contribution >= 0.6 is 0 Å². The molecule has 1 heterocycles. The molecule has 3 nitrogen and oxygen atoms in total. The van der Waals surface area contributed by atoms with Crippen LogP contribution < -0.4 is 5.73 Å². The molecule has 2 unspecified atom stereocenters. The fraction of sp³-hybridized carbons (Fsp3) is 0.533. The predicted molar refractivity (Wildman–Crippen MR) is 73.2 cm³/mol. The number of hydrogen-bond acceptors (Lipinski definition) is 2. The van der Waals surface area contributed by atoms with Gasteiger partial charge in [0.2, 0.25) is 5.91 Å². The lowest BCUT2D eigenvalue weighted by molar-refractivity contribution is -0.135. The van der Waals surface area contributed by atoms with Crippen LogP contribution in [0.25, 0.3) is 0 Å². The van der Waals surface area contributed by atoms with E-state index >= 15 is 0 Å². The van der Waals surface area contributed by atoms with E-state index in [4.69, 9.17) is 5.73 Å². The Kier molecular flexibility index (Phi) is 4.02. The minimum atomic E-state index is 0.0452. The summed E-state index contributed by atoms with van der Waals surface area (Å²) in [5.74, 6) is 0.657. The summed E-state index contributed by atoms with van der Waals surface area (Å²) in [6.45, 7) is 5.38. The summed E-state index contributed by atoms with van der Waals surface area (Å²) < 4.78 is 0. The highest BCUT2D eigenvalue weighted by Crippen LogP contribution is 2.27. The van der Waals surface area contributed by atoms with Gasteiger partial charge in [-0.1, -0.05) is 44.2 Å². The first-order valence-electron chi connectivity index (χ1n) is 6.69. The number of carbonyl (C=O) groups is 1. The zero-order valence-corrected chi connectivity index (χ0v) is 11.2. The van der Waals surface area contributed by atoms with E-state index < -0.39 is 0 Å². The third-order valence-corrected chi connectivity index (χ3v) is 3.69. The molecule has 1 aliphatic rings. The maximum Gasteiger partial charge on any atom is 0.225 e. The molecule has 0 radical (unpaired) electrons. The van der Waals surface area contributed by atoms with Gasteiger partial charge in [0.25, 0.3) is 0 Å². The van der Waals surface area contributed by atoms with Crippen molar-refractivity contribution in [1.82, 2.24) is 4.90 Å². The molecule has 1 amide bonds. The van der Waals surface area contributed by atoms with Crippen LogP contribution in [0.1, 0.15) is 31.7 Å². The molecule has 0 saturated carbocycles. The highest BCUT2D eigenvalue weighted by molar-refractivity contribution is 5.78. The number of piperidine rings is 1. The lowest BCUT2D eigenvalue weighted by Crippen LogP contribution is -2.50. The Hall–Kier alpha value is -1.35. The van der Waals surface area contributed by atoms with E-state index in [1.165, 1.54) is 5.56 Å². The second-order valence-corrected chi connectivity index (χ2v) is 5.41. The van der Waals surface area contributed by atoms with Gasteiger partial charge in [-0.25, -0.2) is 0 Å². The second kappa shape index (κ2) is 5.53. The SMILES string of the molecule is CC(C)C(=O)N1CCC(c2ccccc2)C(N)C1. The van der Waals surface area contributed by atoms with Gasteiger partial charge in [0.15, 0.2) is 0 Å². The van der Waals surface area contributed by atoms with Gasteiger partial charge in [0, 0.05) is 31.0 Å². The molecule has 2 N–H and O–H groups in total. The van der Waals surface area contributed by atoms with E-state index in [0.29, 0.717) is 12.5 Å². The molecule has 2 atom stereocenters. The lowest BCUT2D eigenvalue weighted by atomic mass is 9.85. The van der Waals surface area contributed by atoms with Gasteiger partial charge < -0.3 is 10.6 Å². The van der Waals surface area contributed by atoms with Crippen molar-refractivity contribution in [3.63, 3.8) is 0 Å². The molecule has 0 spiro atoms. The average molecular weight is 246 g/mol. The van der Waals surface area contributed by atoms with Gasteiger partial charge in [-0.2, -0.15) is 0 Å². The number of nitrogens with zero attached hydrogens (tertiary/aromatic N) is 1. The summed E-state index contributed by atoms with van der Waals surface area (Å²) in [7, 11) is 0. The van der Waals surface area contributed by atoms with Gasteiger partial charge in [-0.05, 0) is 12.0 Å². The summed E-state index contributed by atoms with van der Waals surface area (Å²) in [6.07, 6.45) is 0.962. The van der Waals surface area contributed by atoms with Crippen LogP contribution in [0, 0.1) is 5.92 Å². The van der Waals surface area contributed by atoms with Gasteiger partial charge in [0.1, 0.15) is 0 Å². The van der Waals surface area contributed by atoms with Crippen molar-refractivity contribution in [2.75, 3.05) is 13.1 Å². The van der Waals surface area contributed by atoms with Crippen LogP contribution in [0.2, 0.25) is 0 Å². The molecule has 1 aliphatic heterocycles. The standard InChI is InChI=1S/C15H22N2O/c1-11(2)15(18)17-9-8-13(14(16)10-17)12-6-4-3-5-7-12/h3-7,11,13-14H,8-10,16H2,1-2H3. The normalized spacial score (nSPS) is 24.3. The van der Waals surface area contributed by atoms with Crippen LogP contribution in [0.3, 0.4) is 0 Å². The quantitative estimate of drug-likeness (QED) is 0.867. The van der Waals surface area contributed by atoms with Crippen LogP contribution in [0.4, 0.5) is 0 Å². The number of hydrogen-bond donors (Lipinski definition) is 1. The van der Waals surface area contributed by atoms with Crippen LogP contribution in [-0.4, -0.2) is 29.9 Å². The van der Waals surface area contributed by atoms with Crippen molar-refractivity contribution in [3.8, 4) is 0 Å². The van der Waals surface area contributed by atoms with Gasteiger partial charge >= 0.3 is 0 Å². The van der Waals surface area contributed by atoms with Gasteiger partial charge in [0.05, 0.1) is 0 Å². The summed E-state index contributed by atoms with van der Waals surface area (Å²) in [5, 5.41) is 0. The molecule has 3 heteroatoms. The smallest absolute Gasteiger partial charge is 0.225 e. The minimum absolute atomic E-state index is 0.0452. The first-order valence-corrected chi connectivity index (χ1v) is 6.69. The van der Waals surface area contributed by atoms with Crippen molar-refractivity contribution in [2.45, 2.75) is 32.2 Å². The minimum Gasteiger partial charge on any atom is -0.341 e. The van der Waals surface area contributed by atoms with E-state index in [2.05, 4.69) is 12.1 Å². The number of benzene rings is 1. The van der Waals surface area contributed by atoms with Crippen molar-refractivity contribution in [2.24, 2.45) is 11.7 Å². The molecule has 1 fully saturated rings. The Morgan fingerprint density at radius 1 is 1.33 bits per heavy atom. The Bertz CT molecular complexity index is 402. The van der Waals surface area contributed by atoms with Crippen LogP contribution in [0.5, 0.6) is 0 Å². The third-order valence-electron chi connectivity index (χ3n) is 3.69. The molecular formula is C15H22N2O. The number of rotatable bonds is 2. The summed E-state index contributed by atoms with van der Waals surface area (Å²) in [4.78, 5) is 13.9. The van der Waals surface area contributed by atoms with E-state index in [0.717, 1.165) is 13.0 Å². The van der Waals surface area contributed by atoms with Gasteiger partial charge in [-0.15, -0.1) is 0 Å². The molecule has 1 aromatic rings. The summed E-state index contributed by atoms with van der Waals surface area (Å²) in [5.41, 5.74) is 7.54. The predicted octanol–water partition coefficient (Wildman–Crippen LogP) is 1.99. The zero-order chi connectivity index (χ0) is 13.1. The molecule has 1 saturated heterocycles. The number of amides is 1. The third kappa shape index (κ3) is 2.72. The fourth-order valence-corrected chi connectivity index (χ4v) is 2.66. The fourth-order valence-electron chi connectivity index (χ4n) is 2.66. The Labute approximate surface area is 109 Å². The largest absolute Gasteiger partial charge is 0.341 e.